The van der Waals surface area contributed by atoms with E-state index in [0.29, 0.717) is 12.1 Å². The number of hydrogen-bond acceptors (Lipinski definition) is 2. The van der Waals surface area contributed by atoms with Crippen LogP contribution in [-0.4, -0.2) is 23.5 Å². The number of benzene rings is 2. The number of nitrogens with one attached hydrogen (secondary N) is 1. The van der Waals surface area contributed by atoms with Gasteiger partial charge in [0.1, 0.15) is 0 Å². The van der Waals surface area contributed by atoms with E-state index >= 15 is 0 Å². The summed E-state index contributed by atoms with van der Waals surface area (Å²) in [7, 11) is 0. The van der Waals surface area contributed by atoms with Crippen molar-refractivity contribution in [1.82, 2.24) is 5.32 Å². The summed E-state index contributed by atoms with van der Waals surface area (Å²) in [5.74, 6) is -1.28. The van der Waals surface area contributed by atoms with E-state index in [1.165, 1.54) is 6.07 Å². The first kappa shape index (κ1) is 14.8. The standard InChI is InChI=1S/C17H17NO3/c1-12-9-14(11-15(10-12)17(20)21)16(19)18-8-7-13-5-3-2-4-6-13/h2-6,9-11H,7-8H2,1H3,(H,18,19)(H,20,21). The Morgan fingerprint density at radius 1 is 1.05 bits per heavy atom. The minimum Gasteiger partial charge on any atom is -0.478 e. The Balaban J connectivity index is 1.99. The minimum absolute atomic E-state index is 0.128. The number of rotatable bonds is 5. The highest BCUT2D eigenvalue weighted by atomic mass is 16.4. The smallest absolute Gasteiger partial charge is 0.335 e. The molecule has 1 amide bonds. The topological polar surface area (TPSA) is 66.4 Å². The Morgan fingerprint density at radius 3 is 2.38 bits per heavy atom. The molecular weight excluding hydrogens is 266 g/mol. The predicted molar refractivity (Wildman–Crippen MR) is 80.6 cm³/mol. The first-order valence-electron chi connectivity index (χ1n) is 6.73. The molecule has 4 heteroatoms. The molecule has 0 bridgehead atoms. The number of carbonyl (C=O) groups is 2. The maximum atomic E-state index is 12.1. The maximum absolute atomic E-state index is 12.1. The monoisotopic (exact) mass is 283 g/mol. The van der Waals surface area contributed by atoms with Crippen LogP contribution in [0.2, 0.25) is 0 Å². The number of carboxylic acids is 1. The van der Waals surface area contributed by atoms with Gasteiger partial charge in [-0.3, -0.25) is 4.79 Å². The van der Waals surface area contributed by atoms with Gasteiger partial charge in [0, 0.05) is 12.1 Å². The Hall–Kier alpha value is -2.62. The molecule has 0 atom stereocenters. The summed E-state index contributed by atoms with van der Waals surface area (Å²) in [6.45, 7) is 2.28. The number of aryl methyl sites for hydroxylation is 1. The number of carboxylic acid groups (broad SMARTS) is 1. The molecule has 0 unspecified atom stereocenters. The Bertz CT molecular complexity index is 650. The van der Waals surface area contributed by atoms with E-state index in [9.17, 15) is 9.59 Å². The first-order chi connectivity index (χ1) is 10.1. The van der Waals surface area contributed by atoms with Crippen LogP contribution < -0.4 is 5.32 Å². The number of hydrogen-bond donors (Lipinski definition) is 2. The quantitative estimate of drug-likeness (QED) is 0.886. The zero-order chi connectivity index (χ0) is 15.2. The predicted octanol–water partition coefficient (Wildman–Crippen LogP) is 2.67. The van der Waals surface area contributed by atoms with Crippen molar-refractivity contribution in [2.24, 2.45) is 0 Å². The third-order valence-electron chi connectivity index (χ3n) is 3.13. The number of amides is 1. The average Bonchev–Trinajstić information content (AvgIpc) is 2.47. The molecule has 0 radical (unpaired) electrons. The van der Waals surface area contributed by atoms with Crippen LogP contribution in [0.1, 0.15) is 31.8 Å². The largest absolute Gasteiger partial charge is 0.478 e. The van der Waals surface area contributed by atoms with Gasteiger partial charge in [0.2, 0.25) is 0 Å². The van der Waals surface area contributed by atoms with Gasteiger partial charge < -0.3 is 10.4 Å². The van der Waals surface area contributed by atoms with E-state index in [2.05, 4.69) is 5.32 Å². The summed E-state index contributed by atoms with van der Waals surface area (Å²) >= 11 is 0. The second-order valence-electron chi connectivity index (χ2n) is 4.88. The lowest BCUT2D eigenvalue weighted by Crippen LogP contribution is -2.26. The summed E-state index contributed by atoms with van der Waals surface area (Å²) in [5, 5.41) is 11.8. The van der Waals surface area contributed by atoms with E-state index in [-0.39, 0.29) is 11.5 Å². The molecule has 0 saturated heterocycles. The van der Waals surface area contributed by atoms with Crippen LogP contribution in [0.15, 0.2) is 48.5 Å². The van der Waals surface area contributed by atoms with Gasteiger partial charge in [-0.2, -0.15) is 0 Å². The van der Waals surface area contributed by atoms with Crippen LogP contribution in [-0.2, 0) is 6.42 Å². The van der Waals surface area contributed by atoms with Crippen LogP contribution in [0.4, 0.5) is 0 Å². The second-order valence-corrected chi connectivity index (χ2v) is 4.88. The lowest BCUT2D eigenvalue weighted by atomic mass is 10.1. The molecule has 0 aromatic heterocycles. The summed E-state index contributed by atoms with van der Waals surface area (Å²) in [4.78, 5) is 23.1. The summed E-state index contributed by atoms with van der Waals surface area (Å²) in [5.41, 5.74) is 2.40. The normalized spacial score (nSPS) is 10.1. The van der Waals surface area contributed by atoms with E-state index in [1.807, 2.05) is 30.3 Å². The van der Waals surface area contributed by atoms with E-state index in [4.69, 9.17) is 5.11 Å². The highest BCUT2D eigenvalue weighted by Crippen LogP contribution is 2.10. The first-order valence-corrected chi connectivity index (χ1v) is 6.73. The minimum atomic E-state index is -1.03. The van der Waals surface area contributed by atoms with Gasteiger partial charge in [-0.1, -0.05) is 30.3 Å². The van der Waals surface area contributed by atoms with E-state index < -0.39 is 5.97 Å². The molecule has 2 N–H and O–H groups in total. The molecule has 0 aliphatic carbocycles. The maximum Gasteiger partial charge on any atom is 0.335 e. The van der Waals surface area contributed by atoms with E-state index in [1.54, 1.807) is 19.1 Å². The molecule has 2 aromatic carbocycles. The van der Waals surface area contributed by atoms with Crippen molar-refractivity contribution in [2.45, 2.75) is 13.3 Å². The van der Waals surface area contributed by atoms with Gasteiger partial charge in [-0.25, -0.2) is 4.79 Å². The van der Waals surface area contributed by atoms with Gasteiger partial charge in [0.05, 0.1) is 5.56 Å². The van der Waals surface area contributed by atoms with Crippen LogP contribution in [0.3, 0.4) is 0 Å². The zero-order valence-corrected chi connectivity index (χ0v) is 11.8. The number of aromatic carboxylic acids is 1. The SMILES string of the molecule is Cc1cc(C(=O)O)cc(C(=O)NCCc2ccccc2)c1. The molecule has 0 fully saturated rings. The third kappa shape index (κ3) is 4.18. The van der Waals surface area contributed by atoms with Crippen LogP contribution in [0.5, 0.6) is 0 Å². The summed E-state index contributed by atoms with van der Waals surface area (Å²) < 4.78 is 0. The molecule has 2 rings (SSSR count). The Morgan fingerprint density at radius 2 is 1.71 bits per heavy atom. The van der Waals surface area contributed by atoms with Crippen molar-refractivity contribution < 1.29 is 14.7 Å². The van der Waals surface area contributed by atoms with Crippen molar-refractivity contribution in [3.8, 4) is 0 Å². The molecule has 108 valence electrons. The Kier molecular flexibility index (Phi) is 4.72. The average molecular weight is 283 g/mol. The molecule has 0 aliphatic rings. The third-order valence-corrected chi connectivity index (χ3v) is 3.13. The highest BCUT2D eigenvalue weighted by Gasteiger charge is 2.10. The van der Waals surface area contributed by atoms with Crippen LogP contribution in [0.25, 0.3) is 0 Å². The lowest BCUT2D eigenvalue weighted by Gasteiger charge is -2.07. The van der Waals surface area contributed by atoms with Crippen molar-refractivity contribution in [1.29, 1.82) is 0 Å². The van der Waals surface area contributed by atoms with Gasteiger partial charge in [0.15, 0.2) is 0 Å². The van der Waals surface area contributed by atoms with Crippen molar-refractivity contribution in [3.05, 3.63) is 70.8 Å². The van der Waals surface area contributed by atoms with Gasteiger partial charge in [-0.15, -0.1) is 0 Å². The fourth-order valence-corrected chi connectivity index (χ4v) is 2.10. The van der Waals surface area contributed by atoms with Gasteiger partial charge >= 0.3 is 5.97 Å². The Labute approximate surface area is 123 Å². The molecule has 0 aliphatic heterocycles. The molecular formula is C17H17NO3. The molecule has 0 heterocycles. The molecule has 0 spiro atoms. The van der Waals surface area contributed by atoms with Crippen LogP contribution in [0, 0.1) is 6.92 Å². The molecule has 2 aromatic rings. The van der Waals surface area contributed by atoms with Gasteiger partial charge in [0.25, 0.3) is 5.91 Å². The van der Waals surface area contributed by atoms with Crippen LogP contribution >= 0.6 is 0 Å². The fourth-order valence-electron chi connectivity index (χ4n) is 2.10. The summed E-state index contributed by atoms with van der Waals surface area (Å²) in [6.07, 6.45) is 0.740. The highest BCUT2D eigenvalue weighted by molar-refractivity contribution is 5.97. The number of carbonyl (C=O) groups excluding carboxylic acids is 1. The van der Waals surface area contributed by atoms with Crippen molar-refractivity contribution in [3.63, 3.8) is 0 Å². The van der Waals surface area contributed by atoms with Crippen molar-refractivity contribution >= 4 is 11.9 Å². The molecule has 21 heavy (non-hydrogen) atoms. The summed E-state index contributed by atoms with van der Waals surface area (Å²) in [6, 6.07) is 14.5. The lowest BCUT2D eigenvalue weighted by molar-refractivity contribution is 0.0696. The van der Waals surface area contributed by atoms with Crippen molar-refractivity contribution in [2.75, 3.05) is 6.54 Å². The second kappa shape index (κ2) is 6.70. The van der Waals surface area contributed by atoms with E-state index in [0.717, 1.165) is 17.5 Å². The zero-order valence-electron chi connectivity index (χ0n) is 11.8. The molecule has 4 nitrogen and oxygen atoms in total. The van der Waals surface area contributed by atoms with Gasteiger partial charge in [-0.05, 0) is 42.7 Å². The fraction of sp³-hybridized carbons (Fsp3) is 0.176. The molecule has 0 saturated carbocycles.